The zero-order valence-electron chi connectivity index (χ0n) is 10.3. The minimum absolute atomic E-state index is 0.122. The Morgan fingerprint density at radius 3 is 3.17 bits per heavy atom. The van der Waals surface area contributed by atoms with Crippen molar-refractivity contribution in [3.63, 3.8) is 0 Å². The van der Waals surface area contributed by atoms with Crippen LogP contribution in [-0.2, 0) is 4.79 Å². The monoisotopic (exact) mass is 251 g/mol. The van der Waals surface area contributed by atoms with Crippen molar-refractivity contribution in [3.05, 3.63) is 23.8 Å². The summed E-state index contributed by atoms with van der Waals surface area (Å²) >= 11 is 0. The number of nitrogens with one attached hydrogen (secondary N) is 1. The molecule has 0 aliphatic carbocycles. The quantitative estimate of drug-likeness (QED) is 0.831. The van der Waals surface area contributed by atoms with Crippen LogP contribution < -0.4 is 14.8 Å². The number of rotatable bonds is 5. The van der Waals surface area contributed by atoms with E-state index in [9.17, 15) is 4.79 Å². The molecule has 0 fully saturated rings. The molecular weight excluding hydrogens is 234 g/mol. The highest BCUT2D eigenvalue weighted by Gasteiger charge is 2.21. The van der Waals surface area contributed by atoms with Crippen molar-refractivity contribution in [1.29, 1.82) is 0 Å². The van der Waals surface area contributed by atoms with Gasteiger partial charge in [0.05, 0.1) is 20.1 Å². The van der Waals surface area contributed by atoms with Gasteiger partial charge in [-0.15, -0.1) is 0 Å². The fourth-order valence-electron chi connectivity index (χ4n) is 2.06. The summed E-state index contributed by atoms with van der Waals surface area (Å²) in [6.07, 6.45) is 0.955. The van der Waals surface area contributed by atoms with Crippen molar-refractivity contribution >= 4 is 5.97 Å². The van der Waals surface area contributed by atoms with Crippen LogP contribution in [0.5, 0.6) is 11.5 Å². The number of hydrogen-bond acceptors (Lipinski definition) is 4. The molecule has 0 saturated heterocycles. The molecule has 5 heteroatoms. The first-order valence-corrected chi connectivity index (χ1v) is 5.96. The van der Waals surface area contributed by atoms with E-state index in [2.05, 4.69) is 5.32 Å². The third-order valence-corrected chi connectivity index (χ3v) is 2.99. The molecule has 1 aliphatic heterocycles. The summed E-state index contributed by atoms with van der Waals surface area (Å²) in [5, 5.41) is 11.9. The highest BCUT2D eigenvalue weighted by Crippen LogP contribution is 2.34. The molecule has 2 N–H and O–H groups in total. The Hall–Kier alpha value is -1.75. The standard InChI is InChI=1S/C13H17NO4/c1-17-9-2-3-12-10(8-9)11(5-7-18-12)14-6-4-13(15)16/h2-3,8,11,14H,4-7H2,1H3,(H,15,16). The number of carboxylic acid groups (broad SMARTS) is 1. The molecule has 18 heavy (non-hydrogen) atoms. The predicted octanol–water partition coefficient (Wildman–Crippen LogP) is 1.58. The Balaban J connectivity index is 2.08. The highest BCUT2D eigenvalue weighted by molar-refractivity contribution is 5.66. The van der Waals surface area contributed by atoms with Crippen molar-refractivity contribution < 1.29 is 19.4 Å². The lowest BCUT2D eigenvalue weighted by Gasteiger charge is -2.27. The van der Waals surface area contributed by atoms with Gasteiger partial charge in [-0.3, -0.25) is 4.79 Å². The Bertz CT molecular complexity index is 433. The van der Waals surface area contributed by atoms with E-state index in [0.29, 0.717) is 13.2 Å². The van der Waals surface area contributed by atoms with Crippen LogP contribution in [0.15, 0.2) is 18.2 Å². The van der Waals surface area contributed by atoms with Gasteiger partial charge in [-0.25, -0.2) is 0 Å². The Morgan fingerprint density at radius 1 is 1.61 bits per heavy atom. The van der Waals surface area contributed by atoms with Crippen molar-refractivity contribution in [2.75, 3.05) is 20.3 Å². The van der Waals surface area contributed by atoms with E-state index >= 15 is 0 Å². The molecule has 0 radical (unpaired) electrons. The molecule has 1 atom stereocenters. The zero-order chi connectivity index (χ0) is 13.0. The number of hydrogen-bond donors (Lipinski definition) is 2. The largest absolute Gasteiger partial charge is 0.497 e. The minimum Gasteiger partial charge on any atom is -0.497 e. The van der Waals surface area contributed by atoms with Gasteiger partial charge in [-0.05, 0) is 18.2 Å². The Morgan fingerprint density at radius 2 is 2.44 bits per heavy atom. The first kappa shape index (κ1) is 12.7. The number of aliphatic carboxylic acids is 1. The van der Waals surface area contributed by atoms with E-state index in [4.69, 9.17) is 14.6 Å². The molecule has 0 aromatic heterocycles. The summed E-state index contributed by atoms with van der Waals surface area (Å²) in [4.78, 5) is 10.5. The van der Waals surface area contributed by atoms with Gasteiger partial charge in [0.1, 0.15) is 11.5 Å². The normalized spacial score (nSPS) is 17.7. The summed E-state index contributed by atoms with van der Waals surface area (Å²) in [5.74, 6) is 0.833. The van der Waals surface area contributed by atoms with Gasteiger partial charge < -0.3 is 19.9 Å². The van der Waals surface area contributed by atoms with E-state index < -0.39 is 5.97 Å². The zero-order valence-corrected chi connectivity index (χ0v) is 10.3. The van der Waals surface area contributed by atoms with Gasteiger partial charge in [0.2, 0.25) is 0 Å². The van der Waals surface area contributed by atoms with E-state index in [0.717, 1.165) is 23.5 Å². The topological polar surface area (TPSA) is 67.8 Å². The van der Waals surface area contributed by atoms with Gasteiger partial charge >= 0.3 is 5.97 Å². The van der Waals surface area contributed by atoms with Crippen molar-refractivity contribution in [1.82, 2.24) is 5.32 Å². The molecule has 0 bridgehead atoms. The summed E-state index contributed by atoms with van der Waals surface area (Å²) < 4.78 is 10.8. The molecule has 1 heterocycles. The molecule has 0 spiro atoms. The van der Waals surface area contributed by atoms with Crippen LogP contribution in [-0.4, -0.2) is 31.3 Å². The van der Waals surface area contributed by atoms with Gasteiger partial charge in [0.15, 0.2) is 0 Å². The first-order valence-electron chi connectivity index (χ1n) is 5.96. The number of benzene rings is 1. The number of fused-ring (bicyclic) bond motifs is 1. The first-order chi connectivity index (χ1) is 8.70. The van der Waals surface area contributed by atoms with E-state index in [1.54, 1.807) is 7.11 Å². The molecular formula is C13H17NO4. The van der Waals surface area contributed by atoms with Crippen molar-refractivity contribution in [2.45, 2.75) is 18.9 Å². The minimum atomic E-state index is -0.791. The van der Waals surface area contributed by atoms with E-state index in [-0.39, 0.29) is 12.5 Å². The average Bonchev–Trinajstić information content (AvgIpc) is 2.38. The lowest BCUT2D eigenvalue weighted by molar-refractivity contribution is -0.136. The maximum atomic E-state index is 10.5. The number of methoxy groups -OCH3 is 1. The highest BCUT2D eigenvalue weighted by atomic mass is 16.5. The van der Waals surface area contributed by atoms with E-state index in [1.165, 1.54) is 0 Å². The molecule has 2 rings (SSSR count). The number of ether oxygens (including phenoxy) is 2. The van der Waals surface area contributed by atoms with Crippen LogP contribution in [0.1, 0.15) is 24.4 Å². The lowest BCUT2D eigenvalue weighted by Crippen LogP contribution is -2.28. The molecule has 0 amide bonds. The Kier molecular flexibility index (Phi) is 4.04. The lowest BCUT2D eigenvalue weighted by atomic mass is 10.00. The van der Waals surface area contributed by atoms with Crippen molar-refractivity contribution in [2.24, 2.45) is 0 Å². The molecule has 1 aromatic rings. The third-order valence-electron chi connectivity index (χ3n) is 2.99. The number of carbonyl (C=O) groups is 1. The summed E-state index contributed by atoms with van der Waals surface area (Å²) in [6, 6.07) is 5.81. The SMILES string of the molecule is COc1ccc2c(c1)C(NCCC(=O)O)CCO2. The average molecular weight is 251 g/mol. The number of carboxylic acids is 1. The summed E-state index contributed by atoms with van der Waals surface area (Å²) in [5.41, 5.74) is 1.03. The second-order valence-corrected chi connectivity index (χ2v) is 4.19. The molecule has 5 nitrogen and oxygen atoms in total. The van der Waals surface area contributed by atoms with Gasteiger partial charge in [-0.1, -0.05) is 0 Å². The molecule has 98 valence electrons. The van der Waals surface area contributed by atoms with Crippen molar-refractivity contribution in [3.8, 4) is 11.5 Å². The van der Waals surface area contributed by atoms with Gasteiger partial charge in [0.25, 0.3) is 0 Å². The maximum absolute atomic E-state index is 10.5. The second-order valence-electron chi connectivity index (χ2n) is 4.19. The van der Waals surface area contributed by atoms with Gasteiger partial charge in [-0.2, -0.15) is 0 Å². The summed E-state index contributed by atoms with van der Waals surface area (Å²) in [7, 11) is 1.62. The van der Waals surface area contributed by atoms with Crippen LogP contribution in [0.25, 0.3) is 0 Å². The van der Waals surface area contributed by atoms with Gasteiger partial charge in [0, 0.05) is 24.6 Å². The second kappa shape index (κ2) is 5.73. The van der Waals surface area contributed by atoms with Crippen LogP contribution in [0.2, 0.25) is 0 Å². The Labute approximate surface area is 106 Å². The van der Waals surface area contributed by atoms with Crippen LogP contribution >= 0.6 is 0 Å². The summed E-state index contributed by atoms with van der Waals surface area (Å²) in [6.45, 7) is 1.10. The molecule has 0 saturated carbocycles. The smallest absolute Gasteiger partial charge is 0.304 e. The van der Waals surface area contributed by atoms with Crippen LogP contribution in [0.3, 0.4) is 0 Å². The van der Waals surface area contributed by atoms with Crippen LogP contribution in [0, 0.1) is 0 Å². The fourth-order valence-corrected chi connectivity index (χ4v) is 2.06. The molecule has 1 aliphatic rings. The van der Waals surface area contributed by atoms with Crippen LogP contribution in [0.4, 0.5) is 0 Å². The molecule has 1 unspecified atom stereocenters. The third kappa shape index (κ3) is 2.92. The molecule has 1 aromatic carbocycles. The predicted molar refractivity (Wildman–Crippen MR) is 66.1 cm³/mol. The fraction of sp³-hybridized carbons (Fsp3) is 0.462. The van der Waals surface area contributed by atoms with E-state index in [1.807, 2.05) is 18.2 Å². The maximum Gasteiger partial charge on any atom is 0.304 e.